The number of hydrogen-bond donors (Lipinski definition) is 0. The second-order valence-corrected chi connectivity index (χ2v) is 5.10. The van der Waals surface area contributed by atoms with Gasteiger partial charge in [0, 0.05) is 19.0 Å². The molecule has 1 aliphatic heterocycles. The highest BCUT2D eigenvalue weighted by Gasteiger charge is 2.41. The van der Waals surface area contributed by atoms with Crippen LogP contribution in [0.4, 0.5) is 8.78 Å². The van der Waals surface area contributed by atoms with Crippen molar-refractivity contribution in [2.45, 2.75) is 31.9 Å². The molecule has 0 aromatic carbocycles. The third-order valence-electron chi connectivity index (χ3n) is 2.98. The molecular weight excluding hydrogens is 294 g/mol. The number of aromatic nitrogens is 1. The highest BCUT2D eigenvalue weighted by molar-refractivity contribution is 6.27. The van der Waals surface area contributed by atoms with Gasteiger partial charge in [-0.1, -0.05) is 5.16 Å². The number of aryl methyl sites for hydroxylation is 1. The number of alkyl halides is 3. The molecule has 1 aromatic heterocycles. The van der Waals surface area contributed by atoms with Crippen LogP contribution < -0.4 is 0 Å². The van der Waals surface area contributed by atoms with Crippen LogP contribution in [0.2, 0.25) is 0 Å². The fourth-order valence-corrected chi connectivity index (χ4v) is 2.25. The van der Waals surface area contributed by atoms with Gasteiger partial charge in [0.25, 0.3) is 5.92 Å². The number of amides is 1. The standard InChI is InChI=1S/C12H15ClF2N2O3/c1-8-2-9(16-20-8)5-17(11(18)4-13)6-10-3-12(14,15)7-19-10/h2,10H,3-7H2,1H3. The molecule has 0 spiro atoms. The van der Waals surface area contributed by atoms with Crippen LogP contribution in [0.1, 0.15) is 17.9 Å². The second kappa shape index (κ2) is 6.05. The molecule has 0 aliphatic carbocycles. The predicted octanol–water partition coefficient (Wildman–Crippen LogP) is 1.97. The van der Waals surface area contributed by atoms with Crippen molar-refractivity contribution in [1.29, 1.82) is 0 Å². The fourth-order valence-electron chi connectivity index (χ4n) is 2.08. The summed E-state index contributed by atoms with van der Waals surface area (Å²) in [5, 5.41) is 3.77. The normalized spacial score (nSPS) is 21.1. The molecule has 112 valence electrons. The molecule has 1 aromatic rings. The average molecular weight is 309 g/mol. The van der Waals surface area contributed by atoms with Gasteiger partial charge in [0.05, 0.1) is 12.6 Å². The van der Waals surface area contributed by atoms with Crippen LogP contribution in [-0.2, 0) is 16.1 Å². The number of hydrogen-bond acceptors (Lipinski definition) is 4. The van der Waals surface area contributed by atoms with Crippen molar-refractivity contribution in [3.8, 4) is 0 Å². The molecule has 0 bridgehead atoms. The number of carbonyl (C=O) groups excluding carboxylic acids is 1. The Morgan fingerprint density at radius 1 is 1.65 bits per heavy atom. The van der Waals surface area contributed by atoms with Crippen molar-refractivity contribution in [3.63, 3.8) is 0 Å². The maximum absolute atomic E-state index is 13.1. The monoisotopic (exact) mass is 308 g/mol. The van der Waals surface area contributed by atoms with Gasteiger partial charge in [-0.2, -0.15) is 0 Å². The first-order valence-electron chi connectivity index (χ1n) is 6.15. The topological polar surface area (TPSA) is 55.6 Å². The Kier molecular flexibility index (Phi) is 4.59. The smallest absolute Gasteiger partial charge is 0.273 e. The molecule has 8 heteroatoms. The first-order valence-corrected chi connectivity index (χ1v) is 6.68. The summed E-state index contributed by atoms with van der Waals surface area (Å²) in [6, 6.07) is 1.68. The van der Waals surface area contributed by atoms with Gasteiger partial charge in [-0.05, 0) is 6.92 Å². The predicted molar refractivity (Wildman–Crippen MR) is 66.7 cm³/mol. The Balaban J connectivity index is 1.99. The van der Waals surface area contributed by atoms with Crippen LogP contribution in [0.15, 0.2) is 10.6 Å². The van der Waals surface area contributed by atoms with E-state index in [2.05, 4.69) is 5.16 Å². The largest absolute Gasteiger partial charge is 0.370 e. The maximum atomic E-state index is 13.1. The molecule has 0 N–H and O–H groups in total. The minimum absolute atomic E-state index is 0.0626. The summed E-state index contributed by atoms with van der Waals surface area (Å²) < 4.78 is 36.1. The maximum Gasteiger partial charge on any atom is 0.273 e. The van der Waals surface area contributed by atoms with E-state index in [1.807, 2.05) is 0 Å². The second-order valence-electron chi connectivity index (χ2n) is 4.83. The molecule has 1 atom stereocenters. The lowest BCUT2D eigenvalue weighted by Crippen LogP contribution is -2.38. The van der Waals surface area contributed by atoms with Gasteiger partial charge in [-0.15, -0.1) is 11.6 Å². The van der Waals surface area contributed by atoms with Crippen LogP contribution in [0.3, 0.4) is 0 Å². The van der Waals surface area contributed by atoms with E-state index in [1.165, 1.54) is 4.90 Å². The van der Waals surface area contributed by atoms with E-state index in [1.54, 1.807) is 13.0 Å². The zero-order valence-corrected chi connectivity index (χ0v) is 11.7. The highest BCUT2D eigenvalue weighted by atomic mass is 35.5. The lowest BCUT2D eigenvalue weighted by molar-refractivity contribution is -0.130. The quantitative estimate of drug-likeness (QED) is 0.781. The number of halogens is 3. The van der Waals surface area contributed by atoms with E-state index in [9.17, 15) is 13.6 Å². The molecule has 1 unspecified atom stereocenters. The minimum atomic E-state index is -2.83. The van der Waals surface area contributed by atoms with Crippen molar-refractivity contribution < 1.29 is 22.8 Å². The Labute approximate surface area is 119 Å². The van der Waals surface area contributed by atoms with Crippen LogP contribution in [0, 0.1) is 6.92 Å². The van der Waals surface area contributed by atoms with Crippen molar-refractivity contribution in [1.82, 2.24) is 10.1 Å². The summed E-state index contributed by atoms with van der Waals surface area (Å²) in [5.74, 6) is -2.79. The zero-order valence-electron chi connectivity index (χ0n) is 10.9. The summed E-state index contributed by atoms with van der Waals surface area (Å²) in [6.45, 7) is 1.34. The Morgan fingerprint density at radius 3 is 2.90 bits per heavy atom. The lowest BCUT2D eigenvalue weighted by atomic mass is 10.2. The van der Waals surface area contributed by atoms with Crippen LogP contribution in [0.5, 0.6) is 0 Å². The average Bonchev–Trinajstić information content (AvgIpc) is 2.93. The van der Waals surface area contributed by atoms with E-state index < -0.39 is 25.1 Å². The number of carbonyl (C=O) groups is 1. The van der Waals surface area contributed by atoms with Crippen molar-refractivity contribution in [2.75, 3.05) is 19.0 Å². The SMILES string of the molecule is Cc1cc(CN(CC2CC(F)(F)CO2)C(=O)CCl)no1. The molecule has 20 heavy (non-hydrogen) atoms. The van der Waals surface area contributed by atoms with Crippen molar-refractivity contribution >= 4 is 17.5 Å². The summed E-state index contributed by atoms with van der Waals surface area (Å²) in [6.07, 6.45) is -1.08. The van der Waals surface area contributed by atoms with Crippen LogP contribution in [0.25, 0.3) is 0 Å². The van der Waals surface area contributed by atoms with Gasteiger partial charge in [0.15, 0.2) is 0 Å². The van der Waals surface area contributed by atoms with Gasteiger partial charge in [-0.3, -0.25) is 4.79 Å². The van der Waals surface area contributed by atoms with Crippen molar-refractivity contribution in [3.05, 3.63) is 17.5 Å². The third kappa shape index (κ3) is 3.89. The summed E-state index contributed by atoms with van der Waals surface area (Å²) in [4.78, 5) is 13.1. The molecule has 0 saturated carbocycles. The van der Waals surface area contributed by atoms with Crippen LogP contribution in [-0.4, -0.2) is 47.0 Å². The molecule has 5 nitrogen and oxygen atoms in total. The van der Waals surface area contributed by atoms with Crippen molar-refractivity contribution in [2.24, 2.45) is 0 Å². The van der Waals surface area contributed by atoms with Gasteiger partial charge in [0.1, 0.15) is 23.9 Å². The van der Waals surface area contributed by atoms with E-state index in [4.69, 9.17) is 20.9 Å². The Hall–Kier alpha value is -1.21. The van der Waals surface area contributed by atoms with Gasteiger partial charge >= 0.3 is 0 Å². The number of ether oxygens (including phenoxy) is 1. The molecule has 1 fully saturated rings. The number of rotatable bonds is 5. The zero-order chi connectivity index (χ0) is 14.8. The first-order chi connectivity index (χ1) is 9.39. The van der Waals surface area contributed by atoms with Gasteiger partial charge in [-0.25, -0.2) is 8.78 Å². The molecular formula is C12H15ClF2N2O3. The van der Waals surface area contributed by atoms with Gasteiger partial charge < -0.3 is 14.2 Å². The number of nitrogens with zero attached hydrogens (tertiary/aromatic N) is 2. The molecule has 1 amide bonds. The Bertz CT molecular complexity index is 481. The molecule has 2 rings (SSSR count). The fraction of sp³-hybridized carbons (Fsp3) is 0.667. The van der Waals surface area contributed by atoms with Gasteiger partial charge in [0.2, 0.25) is 5.91 Å². The highest BCUT2D eigenvalue weighted by Crippen LogP contribution is 2.30. The molecule has 1 saturated heterocycles. The third-order valence-corrected chi connectivity index (χ3v) is 3.21. The Morgan fingerprint density at radius 2 is 2.40 bits per heavy atom. The first kappa shape index (κ1) is 15.2. The summed E-state index contributed by atoms with van der Waals surface area (Å²) >= 11 is 5.54. The van der Waals surface area contributed by atoms with E-state index >= 15 is 0 Å². The molecule has 2 heterocycles. The van der Waals surface area contributed by atoms with E-state index in [0.717, 1.165) is 0 Å². The molecule has 1 aliphatic rings. The lowest BCUT2D eigenvalue weighted by Gasteiger charge is -2.23. The summed E-state index contributed by atoms with van der Waals surface area (Å²) in [5.41, 5.74) is 0.547. The molecule has 0 radical (unpaired) electrons. The van der Waals surface area contributed by atoms with E-state index in [-0.39, 0.29) is 24.9 Å². The van der Waals surface area contributed by atoms with Crippen LogP contribution >= 0.6 is 11.6 Å². The van der Waals surface area contributed by atoms with E-state index in [0.29, 0.717) is 11.5 Å². The summed E-state index contributed by atoms with van der Waals surface area (Å²) in [7, 11) is 0. The minimum Gasteiger partial charge on any atom is -0.370 e.